The average molecular weight is 344 g/mol. The van der Waals surface area contributed by atoms with Gasteiger partial charge >= 0.3 is 5.97 Å². The van der Waals surface area contributed by atoms with Gasteiger partial charge in [0, 0.05) is 38.1 Å². The van der Waals surface area contributed by atoms with Gasteiger partial charge in [-0.15, -0.1) is 0 Å². The number of hydrogen-bond donors (Lipinski definition) is 1. The molecule has 0 aliphatic rings. The van der Waals surface area contributed by atoms with Crippen LogP contribution in [0.5, 0.6) is 0 Å². The minimum absolute atomic E-state index is 0.0351. The zero-order valence-electron chi connectivity index (χ0n) is 15.1. The monoisotopic (exact) mass is 344 g/mol. The van der Waals surface area contributed by atoms with Crippen molar-refractivity contribution in [3.63, 3.8) is 0 Å². The second-order valence-electron chi connectivity index (χ2n) is 5.65. The molecular formula is C19H24N2O4. The van der Waals surface area contributed by atoms with E-state index in [9.17, 15) is 14.4 Å². The third kappa shape index (κ3) is 7.08. The third-order valence-electron chi connectivity index (χ3n) is 3.59. The smallest absolute Gasteiger partial charge is 0.328 e. The minimum atomic E-state index is -0.717. The van der Waals surface area contributed by atoms with E-state index >= 15 is 0 Å². The molecule has 0 radical (unpaired) electrons. The maximum atomic E-state index is 12.1. The van der Waals surface area contributed by atoms with Gasteiger partial charge in [0.2, 0.25) is 5.91 Å². The molecule has 0 aromatic heterocycles. The predicted octanol–water partition coefficient (Wildman–Crippen LogP) is 1.59. The summed E-state index contributed by atoms with van der Waals surface area (Å²) in [5, 5.41) is 2.57. The lowest BCUT2D eigenvalue weighted by Crippen LogP contribution is -2.39. The number of hydrogen-bond acceptors (Lipinski definition) is 4. The van der Waals surface area contributed by atoms with Crippen molar-refractivity contribution in [1.29, 1.82) is 0 Å². The molecule has 0 fully saturated rings. The van der Waals surface area contributed by atoms with Crippen LogP contribution >= 0.6 is 0 Å². The zero-order valence-corrected chi connectivity index (χ0v) is 15.1. The summed E-state index contributed by atoms with van der Waals surface area (Å²) in [7, 11) is 3.03. The molecule has 0 bridgehead atoms. The fourth-order valence-electron chi connectivity index (χ4n) is 1.98. The Hall–Kier alpha value is -2.81. The topological polar surface area (TPSA) is 75.7 Å². The van der Waals surface area contributed by atoms with Crippen LogP contribution in [0.1, 0.15) is 42.6 Å². The van der Waals surface area contributed by atoms with Crippen molar-refractivity contribution in [3.8, 4) is 11.8 Å². The molecule has 2 amide bonds. The van der Waals surface area contributed by atoms with Crippen LogP contribution in [-0.2, 0) is 14.3 Å². The number of ether oxygens (including phenoxy) is 1. The molecule has 0 spiro atoms. The third-order valence-corrected chi connectivity index (χ3v) is 3.59. The van der Waals surface area contributed by atoms with E-state index in [1.807, 2.05) is 6.07 Å². The highest BCUT2D eigenvalue weighted by Crippen LogP contribution is 2.05. The van der Waals surface area contributed by atoms with Crippen molar-refractivity contribution in [3.05, 3.63) is 35.4 Å². The SMILES string of the molecule is COC(=O)C(C)NC(=O)c1cccc(C#CCCCN(C)C(C)=O)c1. The highest BCUT2D eigenvalue weighted by molar-refractivity contribution is 5.96. The summed E-state index contributed by atoms with van der Waals surface area (Å²) in [6.07, 6.45) is 1.45. The van der Waals surface area contributed by atoms with E-state index in [2.05, 4.69) is 21.9 Å². The van der Waals surface area contributed by atoms with Gasteiger partial charge in [-0.1, -0.05) is 17.9 Å². The number of benzene rings is 1. The number of esters is 1. The van der Waals surface area contributed by atoms with E-state index in [1.165, 1.54) is 14.0 Å². The highest BCUT2D eigenvalue weighted by Gasteiger charge is 2.16. The summed E-state index contributed by atoms with van der Waals surface area (Å²) in [6.45, 7) is 3.76. The Bertz CT molecular complexity index is 688. The quantitative estimate of drug-likeness (QED) is 0.483. The van der Waals surface area contributed by atoms with Gasteiger partial charge in [0.05, 0.1) is 7.11 Å². The van der Waals surface area contributed by atoms with Crippen LogP contribution in [0.3, 0.4) is 0 Å². The molecule has 1 rings (SSSR count). The summed E-state index contributed by atoms with van der Waals surface area (Å²) in [5.74, 6) is 5.22. The lowest BCUT2D eigenvalue weighted by Gasteiger charge is -2.12. The van der Waals surface area contributed by atoms with Crippen LogP contribution in [-0.4, -0.2) is 49.4 Å². The Morgan fingerprint density at radius 1 is 1.32 bits per heavy atom. The summed E-state index contributed by atoms with van der Waals surface area (Å²) in [5.41, 5.74) is 1.15. The molecule has 0 saturated carbocycles. The zero-order chi connectivity index (χ0) is 18.8. The number of carbonyl (C=O) groups is 3. The Morgan fingerprint density at radius 3 is 2.68 bits per heavy atom. The second-order valence-corrected chi connectivity index (χ2v) is 5.65. The summed E-state index contributed by atoms with van der Waals surface area (Å²) >= 11 is 0. The van der Waals surface area contributed by atoms with Crippen molar-refractivity contribution in [2.45, 2.75) is 32.7 Å². The van der Waals surface area contributed by atoms with E-state index in [-0.39, 0.29) is 11.8 Å². The van der Waals surface area contributed by atoms with Gasteiger partial charge in [-0.25, -0.2) is 4.79 Å². The van der Waals surface area contributed by atoms with E-state index in [0.29, 0.717) is 18.5 Å². The largest absolute Gasteiger partial charge is 0.467 e. The number of methoxy groups -OCH3 is 1. The first kappa shape index (κ1) is 20.2. The fourth-order valence-corrected chi connectivity index (χ4v) is 1.98. The van der Waals surface area contributed by atoms with Gasteiger partial charge in [0.25, 0.3) is 5.91 Å². The molecule has 0 aliphatic heterocycles. The van der Waals surface area contributed by atoms with Crippen LogP contribution in [0.25, 0.3) is 0 Å². The number of rotatable bonds is 6. The van der Waals surface area contributed by atoms with Crippen LogP contribution in [0, 0.1) is 11.8 Å². The first-order valence-corrected chi connectivity index (χ1v) is 8.04. The van der Waals surface area contributed by atoms with Crippen LogP contribution in [0.15, 0.2) is 24.3 Å². The molecule has 6 heteroatoms. The summed E-state index contributed by atoms with van der Waals surface area (Å²) in [4.78, 5) is 36.2. The van der Waals surface area contributed by atoms with Gasteiger partial charge in [-0.3, -0.25) is 9.59 Å². The van der Waals surface area contributed by atoms with Crippen LogP contribution in [0.4, 0.5) is 0 Å². The number of carbonyl (C=O) groups excluding carboxylic acids is 3. The summed E-state index contributed by atoms with van der Waals surface area (Å²) in [6, 6.07) is 6.17. The van der Waals surface area contributed by atoms with Gasteiger partial charge in [0.1, 0.15) is 6.04 Å². The number of nitrogens with one attached hydrogen (secondary N) is 1. The number of nitrogens with zero attached hydrogens (tertiary/aromatic N) is 1. The lowest BCUT2D eigenvalue weighted by atomic mass is 10.1. The van der Waals surface area contributed by atoms with Crippen molar-refractivity contribution < 1.29 is 19.1 Å². The first-order chi connectivity index (χ1) is 11.8. The van der Waals surface area contributed by atoms with Crippen molar-refractivity contribution in [2.75, 3.05) is 20.7 Å². The van der Waals surface area contributed by atoms with Crippen LogP contribution in [0.2, 0.25) is 0 Å². The van der Waals surface area contributed by atoms with Crippen molar-refractivity contribution in [2.24, 2.45) is 0 Å². The number of unbranched alkanes of at least 4 members (excludes halogenated alkanes) is 1. The normalized spacial score (nSPS) is 10.9. The molecule has 0 heterocycles. The van der Waals surface area contributed by atoms with Gasteiger partial charge < -0.3 is 15.0 Å². The maximum Gasteiger partial charge on any atom is 0.328 e. The fraction of sp³-hybridized carbons (Fsp3) is 0.421. The average Bonchev–Trinajstić information content (AvgIpc) is 2.60. The molecular weight excluding hydrogens is 320 g/mol. The minimum Gasteiger partial charge on any atom is -0.467 e. The Labute approximate surface area is 148 Å². The summed E-state index contributed by atoms with van der Waals surface area (Å²) < 4.78 is 4.58. The molecule has 0 saturated heterocycles. The van der Waals surface area contributed by atoms with Gasteiger partial charge in [0.15, 0.2) is 0 Å². The first-order valence-electron chi connectivity index (χ1n) is 8.04. The molecule has 1 atom stereocenters. The lowest BCUT2D eigenvalue weighted by molar-refractivity contribution is -0.142. The van der Waals surface area contributed by atoms with Crippen molar-refractivity contribution >= 4 is 17.8 Å². The molecule has 25 heavy (non-hydrogen) atoms. The standard InChI is InChI=1S/C19H24N2O4/c1-14(19(24)25-4)20-18(23)17-11-8-10-16(13-17)9-6-5-7-12-21(3)15(2)22/h8,10-11,13-14H,5,7,12H2,1-4H3,(H,20,23). The molecule has 1 N–H and O–H groups in total. The molecule has 6 nitrogen and oxygen atoms in total. The number of amides is 2. The van der Waals surface area contributed by atoms with Crippen LogP contribution < -0.4 is 5.32 Å². The highest BCUT2D eigenvalue weighted by atomic mass is 16.5. The van der Waals surface area contributed by atoms with E-state index in [4.69, 9.17) is 0 Å². The molecule has 1 unspecified atom stereocenters. The molecule has 1 aromatic rings. The molecule has 1 aromatic carbocycles. The maximum absolute atomic E-state index is 12.1. The van der Waals surface area contributed by atoms with Crippen molar-refractivity contribution in [1.82, 2.24) is 10.2 Å². The van der Waals surface area contributed by atoms with E-state index in [1.54, 1.807) is 37.1 Å². The molecule has 0 aliphatic carbocycles. The molecule has 134 valence electrons. The van der Waals surface area contributed by atoms with Gasteiger partial charge in [-0.2, -0.15) is 0 Å². The van der Waals surface area contributed by atoms with Gasteiger partial charge in [-0.05, 0) is 31.5 Å². The Balaban J connectivity index is 2.60. The second kappa shape index (κ2) is 10.1. The Kier molecular flexibility index (Phi) is 8.21. The van der Waals surface area contributed by atoms with E-state index in [0.717, 1.165) is 12.0 Å². The van der Waals surface area contributed by atoms with E-state index < -0.39 is 12.0 Å². The predicted molar refractivity (Wildman–Crippen MR) is 94.8 cm³/mol. The Morgan fingerprint density at radius 2 is 2.04 bits per heavy atom.